The summed E-state index contributed by atoms with van der Waals surface area (Å²) in [5.74, 6) is -0.320. The number of carbonyl (C=O) groups excluding carboxylic acids is 2. The monoisotopic (exact) mass is 495 g/mol. The van der Waals surface area contributed by atoms with Crippen LogP contribution in [0.25, 0.3) is 21.8 Å². The van der Waals surface area contributed by atoms with E-state index in [0.717, 1.165) is 38.8 Å². The highest BCUT2D eigenvalue weighted by Gasteiger charge is 2.34. The van der Waals surface area contributed by atoms with Crippen LogP contribution < -0.4 is 14.8 Å². The molecule has 3 aromatic carbocycles. The third-order valence-corrected chi connectivity index (χ3v) is 7.29. The summed E-state index contributed by atoms with van der Waals surface area (Å²) in [6.45, 7) is 2.24. The average Bonchev–Trinajstić information content (AvgIpc) is 3.15. The van der Waals surface area contributed by atoms with Crippen LogP contribution in [0, 0.1) is 0 Å². The molecule has 6 heteroatoms. The number of amides is 2. The average molecular weight is 496 g/mol. The molecule has 0 saturated heterocycles. The smallest absolute Gasteiger partial charge is 0.261 e. The summed E-state index contributed by atoms with van der Waals surface area (Å²) >= 11 is 0. The zero-order valence-electron chi connectivity index (χ0n) is 22.0. The molecule has 0 spiro atoms. The summed E-state index contributed by atoms with van der Waals surface area (Å²) in [6.07, 6.45) is 3.87. The molecule has 0 atom stereocenters. The number of hydrogen-bond donors (Lipinski definition) is 1. The number of pyridine rings is 1. The Morgan fingerprint density at radius 3 is 2.11 bits per heavy atom. The van der Waals surface area contributed by atoms with Gasteiger partial charge in [-0.2, -0.15) is 4.57 Å². The molecule has 4 aromatic rings. The third-order valence-electron chi connectivity index (χ3n) is 7.29. The van der Waals surface area contributed by atoms with Crippen molar-refractivity contribution in [2.45, 2.75) is 38.8 Å². The van der Waals surface area contributed by atoms with E-state index in [1.54, 1.807) is 12.1 Å². The van der Waals surface area contributed by atoms with E-state index in [-0.39, 0.29) is 11.8 Å². The molecule has 0 unspecified atom stereocenters. The SMILES string of the molecule is CNCc1ccc2cc3ccc(N(C)C)cc3[n+](CCCCCCN3C(=O)c4ccccc4C3=O)c2c1. The highest BCUT2D eigenvalue weighted by molar-refractivity contribution is 6.21. The Kier molecular flexibility index (Phi) is 7.19. The minimum atomic E-state index is -0.160. The van der Waals surface area contributed by atoms with Crippen LogP contribution in [0.3, 0.4) is 0 Å². The van der Waals surface area contributed by atoms with E-state index < -0.39 is 0 Å². The number of imide groups is 1. The van der Waals surface area contributed by atoms with Gasteiger partial charge < -0.3 is 10.2 Å². The molecule has 0 saturated carbocycles. The van der Waals surface area contributed by atoms with Crippen LogP contribution in [0.2, 0.25) is 0 Å². The first-order chi connectivity index (χ1) is 18.0. The van der Waals surface area contributed by atoms with Crippen LogP contribution in [-0.4, -0.2) is 44.4 Å². The summed E-state index contributed by atoms with van der Waals surface area (Å²) in [6, 6.07) is 22.8. The van der Waals surface area contributed by atoms with E-state index >= 15 is 0 Å². The molecule has 37 heavy (non-hydrogen) atoms. The second-order valence-electron chi connectivity index (χ2n) is 10.1. The molecule has 1 aromatic heterocycles. The van der Waals surface area contributed by atoms with Gasteiger partial charge in [0.2, 0.25) is 11.0 Å². The Labute approximate surface area is 218 Å². The van der Waals surface area contributed by atoms with Crippen molar-refractivity contribution in [2.24, 2.45) is 0 Å². The molecule has 6 nitrogen and oxygen atoms in total. The number of nitrogens with zero attached hydrogens (tertiary/aromatic N) is 3. The highest BCUT2D eigenvalue weighted by Crippen LogP contribution is 2.25. The summed E-state index contributed by atoms with van der Waals surface area (Å²) in [4.78, 5) is 28.8. The van der Waals surface area contributed by atoms with Crippen LogP contribution in [-0.2, 0) is 13.1 Å². The molecule has 190 valence electrons. The van der Waals surface area contributed by atoms with Crippen molar-refractivity contribution in [2.75, 3.05) is 32.6 Å². The first-order valence-electron chi connectivity index (χ1n) is 13.1. The maximum Gasteiger partial charge on any atom is 0.261 e. The Morgan fingerprint density at radius 1 is 0.784 bits per heavy atom. The van der Waals surface area contributed by atoms with E-state index in [4.69, 9.17) is 0 Å². The van der Waals surface area contributed by atoms with Gasteiger partial charge in [0.1, 0.15) is 6.54 Å². The number of aromatic nitrogens is 1. The number of benzene rings is 3. The molecule has 1 N–H and O–H groups in total. The fourth-order valence-electron chi connectivity index (χ4n) is 5.30. The number of nitrogens with one attached hydrogen (secondary N) is 1. The van der Waals surface area contributed by atoms with Crippen molar-refractivity contribution in [1.29, 1.82) is 0 Å². The number of aryl methyl sites for hydroxylation is 1. The van der Waals surface area contributed by atoms with Gasteiger partial charge in [0.05, 0.1) is 11.1 Å². The molecule has 1 aliphatic heterocycles. The number of rotatable bonds is 10. The fraction of sp³-hybridized carbons (Fsp3) is 0.323. The molecular weight excluding hydrogens is 460 g/mol. The van der Waals surface area contributed by atoms with Gasteiger partial charge in [-0.25, -0.2) is 0 Å². The Balaban J connectivity index is 1.29. The van der Waals surface area contributed by atoms with E-state index in [0.29, 0.717) is 17.7 Å². The van der Waals surface area contributed by atoms with Gasteiger partial charge >= 0.3 is 0 Å². The quantitative estimate of drug-likeness (QED) is 0.147. The maximum atomic E-state index is 12.6. The molecular formula is C31H35N4O2+. The van der Waals surface area contributed by atoms with Crippen molar-refractivity contribution in [3.8, 4) is 0 Å². The van der Waals surface area contributed by atoms with Crippen molar-refractivity contribution in [3.63, 3.8) is 0 Å². The fourth-order valence-corrected chi connectivity index (χ4v) is 5.30. The molecule has 1 aliphatic rings. The first-order valence-corrected chi connectivity index (χ1v) is 13.1. The number of hydrogen-bond acceptors (Lipinski definition) is 4. The molecule has 5 rings (SSSR count). The lowest BCUT2D eigenvalue weighted by atomic mass is 10.1. The number of fused-ring (bicyclic) bond motifs is 3. The maximum absolute atomic E-state index is 12.6. The van der Waals surface area contributed by atoms with Gasteiger partial charge in [-0.15, -0.1) is 0 Å². The lowest BCUT2D eigenvalue weighted by Gasteiger charge is -2.14. The molecule has 0 fully saturated rings. The summed E-state index contributed by atoms with van der Waals surface area (Å²) in [5.41, 5.74) is 6.01. The van der Waals surface area contributed by atoms with Crippen molar-refractivity contribution >= 4 is 39.3 Å². The van der Waals surface area contributed by atoms with Gasteiger partial charge in [0, 0.05) is 62.2 Å². The standard InChI is InChI=1S/C31H35N4O2/c1-32-21-22-12-13-23-19-24-14-15-25(33(2)3)20-29(24)34(28(23)18-22)16-8-4-5-9-17-35-30(36)26-10-6-7-11-27(26)31(35)37/h6-7,10-15,18-20,32H,4-5,8-9,16-17,21H2,1-3H3/q+1. The van der Waals surface area contributed by atoms with E-state index in [2.05, 4.69) is 71.3 Å². The molecule has 2 amide bonds. The zero-order valence-corrected chi connectivity index (χ0v) is 22.0. The largest absolute Gasteiger partial charge is 0.377 e. The van der Waals surface area contributed by atoms with Crippen LogP contribution in [0.15, 0.2) is 66.7 Å². The second kappa shape index (κ2) is 10.7. The van der Waals surface area contributed by atoms with Crippen LogP contribution in [0.4, 0.5) is 5.69 Å². The van der Waals surface area contributed by atoms with E-state index in [9.17, 15) is 9.59 Å². The molecule has 0 aliphatic carbocycles. The summed E-state index contributed by atoms with van der Waals surface area (Å²) < 4.78 is 2.46. The van der Waals surface area contributed by atoms with Crippen LogP contribution in [0.5, 0.6) is 0 Å². The van der Waals surface area contributed by atoms with E-state index in [1.807, 2.05) is 19.2 Å². The van der Waals surface area contributed by atoms with Crippen LogP contribution in [0.1, 0.15) is 52.0 Å². The van der Waals surface area contributed by atoms with Gasteiger partial charge in [0.25, 0.3) is 11.8 Å². The second-order valence-corrected chi connectivity index (χ2v) is 10.1. The zero-order chi connectivity index (χ0) is 25.9. The minimum Gasteiger partial charge on any atom is -0.377 e. The number of anilines is 1. The number of unbranched alkanes of at least 4 members (excludes halogenated alkanes) is 3. The Morgan fingerprint density at radius 2 is 1.43 bits per heavy atom. The van der Waals surface area contributed by atoms with Gasteiger partial charge in [-0.05, 0) is 61.9 Å². The molecule has 0 bridgehead atoms. The lowest BCUT2D eigenvalue weighted by molar-refractivity contribution is -0.645. The van der Waals surface area contributed by atoms with Crippen molar-refractivity contribution < 1.29 is 14.2 Å². The number of carbonyl (C=O) groups is 2. The molecule has 0 radical (unpaired) electrons. The third kappa shape index (κ3) is 4.94. The minimum absolute atomic E-state index is 0.160. The van der Waals surface area contributed by atoms with Crippen LogP contribution >= 0.6 is 0 Å². The lowest BCUT2D eigenvalue weighted by Crippen LogP contribution is -2.36. The highest BCUT2D eigenvalue weighted by atomic mass is 16.2. The predicted octanol–water partition coefficient (Wildman–Crippen LogP) is 4.92. The van der Waals surface area contributed by atoms with Gasteiger partial charge in [0.15, 0.2) is 0 Å². The predicted molar refractivity (Wildman–Crippen MR) is 149 cm³/mol. The topological polar surface area (TPSA) is 56.5 Å². The van der Waals surface area contributed by atoms with Crippen molar-refractivity contribution in [1.82, 2.24) is 10.2 Å². The van der Waals surface area contributed by atoms with Gasteiger partial charge in [-0.3, -0.25) is 14.5 Å². The van der Waals surface area contributed by atoms with E-state index in [1.165, 1.54) is 38.0 Å². The first kappa shape index (κ1) is 24.9. The summed E-state index contributed by atoms with van der Waals surface area (Å²) in [5, 5.41) is 5.75. The Hall–Kier alpha value is -3.77. The summed E-state index contributed by atoms with van der Waals surface area (Å²) in [7, 11) is 6.13. The molecule has 2 heterocycles. The normalized spacial score (nSPS) is 13.1. The van der Waals surface area contributed by atoms with Crippen molar-refractivity contribution in [3.05, 3.63) is 83.4 Å². The van der Waals surface area contributed by atoms with Gasteiger partial charge in [-0.1, -0.05) is 24.6 Å². The Bertz CT molecular complexity index is 1440.